The molecule has 136 valence electrons. The minimum Gasteiger partial charge on any atom is -0.348 e. The molecule has 2 amide bonds. The van der Waals surface area contributed by atoms with Crippen molar-refractivity contribution in [1.82, 2.24) is 10.3 Å². The van der Waals surface area contributed by atoms with Gasteiger partial charge in [-0.15, -0.1) is 0 Å². The van der Waals surface area contributed by atoms with E-state index in [0.29, 0.717) is 5.56 Å². The van der Waals surface area contributed by atoms with Crippen molar-refractivity contribution in [3.05, 3.63) is 95.3 Å². The first kappa shape index (κ1) is 18.2. The molecule has 0 radical (unpaired) electrons. The first-order valence-electron chi connectivity index (χ1n) is 8.06. The van der Waals surface area contributed by atoms with Crippen LogP contribution in [0.15, 0.2) is 67.0 Å². The summed E-state index contributed by atoms with van der Waals surface area (Å²) in [6.45, 7) is 0.00518. The number of benzene rings is 2. The molecule has 7 heteroatoms. The summed E-state index contributed by atoms with van der Waals surface area (Å²) >= 11 is 0. The number of nitrogens with one attached hydrogen (secondary N) is 2. The van der Waals surface area contributed by atoms with Crippen molar-refractivity contribution in [1.29, 1.82) is 0 Å². The smallest absolute Gasteiger partial charge is 0.257 e. The first-order valence-corrected chi connectivity index (χ1v) is 8.06. The van der Waals surface area contributed by atoms with E-state index in [9.17, 15) is 18.4 Å². The Balaban J connectivity index is 1.68. The number of pyridine rings is 1. The molecule has 1 heterocycles. The Morgan fingerprint density at radius 1 is 0.889 bits per heavy atom. The number of halogens is 2. The van der Waals surface area contributed by atoms with Crippen LogP contribution in [-0.2, 0) is 6.54 Å². The zero-order valence-corrected chi connectivity index (χ0v) is 14.1. The highest BCUT2D eigenvalue weighted by Gasteiger charge is 2.12. The van der Waals surface area contributed by atoms with Gasteiger partial charge in [0.05, 0.1) is 11.1 Å². The van der Waals surface area contributed by atoms with Crippen LogP contribution in [0.1, 0.15) is 26.3 Å². The zero-order chi connectivity index (χ0) is 19.2. The lowest BCUT2D eigenvalue weighted by molar-refractivity contribution is 0.0950. The van der Waals surface area contributed by atoms with Crippen LogP contribution in [0.2, 0.25) is 0 Å². The Morgan fingerprint density at radius 2 is 1.63 bits per heavy atom. The average molecular weight is 367 g/mol. The van der Waals surface area contributed by atoms with Gasteiger partial charge in [-0.3, -0.25) is 14.6 Å². The van der Waals surface area contributed by atoms with E-state index >= 15 is 0 Å². The number of aromatic nitrogens is 1. The summed E-state index contributed by atoms with van der Waals surface area (Å²) in [5.74, 6) is -1.92. The molecule has 0 spiro atoms. The van der Waals surface area contributed by atoms with Crippen molar-refractivity contribution in [2.45, 2.75) is 6.54 Å². The van der Waals surface area contributed by atoms with E-state index in [1.165, 1.54) is 42.7 Å². The molecule has 5 nitrogen and oxygen atoms in total. The van der Waals surface area contributed by atoms with E-state index in [2.05, 4.69) is 15.6 Å². The third-order valence-corrected chi connectivity index (χ3v) is 3.74. The molecule has 0 saturated heterocycles. The number of rotatable bonds is 5. The van der Waals surface area contributed by atoms with Crippen molar-refractivity contribution in [3.63, 3.8) is 0 Å². The number of carbonyl (C=O) groups excluding carboxylic acids is 2. The van der Waals surface area contributed by atoms with E-state index in [1.54, 1.807) is 24.3 Å². The minimum absolute atomic E-state index is 0.00518. The van der Waals surface area contributed by atoms with Crippen LogP contribution in [0.4, 0.5) is 14.5 Å². The Bertz CT molecular complexity index is 992. The maximum Gasteiger partial charge on any atom is 0.257 e. The maximum atomic E-state index is 13.6. The molecule has 2 aromatic carbocycles. The predicted octanol–water partition coefficient (Wildman–Crippen LogP) is 3.54. The molecule has 0 saturated carbocycles. The van der Waals surface area contributed by atoms with Gasteiger partial charge in [0.2, 0.25) is 0 Å². The Morgan fingerprint density at radius 3 is 2.37 bits per heavy atom. The molecule has 2 N–H and O–H groups in total. The Kier molecular flexibility index (Phi) is 5.51. The van der Waals surface area contributed by atoms with E-state index in [1.807, 2.05) is 0 Å². The fraction of sp³-hybridized carbons (Fsp3) is 0.0500. The van der Waals surface area contributed by atoms with Gasteiger partial charge in [-0.2, -0.15) is 0 Å². The van der Waals surface area contributed by atoms with Crippen LogP contribution in [-0.4, -0.2) is 16.8 Å². The lowest BCUT2D eigenvalue weighted by Gasteiger charge is -2.08. The van der Waals surface area contributed by atoms with E-state index in [0.717, 1.165) is 0 Å². The van der Waals surface area contributed by atoms with Gasteiger partial charge in [-0.05, 0) is 30.3 Å². The molecule has 1 aromatic heterocycles. The van der Waals surface area contributed by atoms with Crippen molar-refractivity contribution in [3.8, 4) is 0 Å². The largest absolute Gasteiger partial charge is 0.348 e. The lowest BCUT2D eigenvalue weighted by atomic mass is 10.1. The van der Waals surface area contributed by atoms with Gasteiger partial charge in [-0.25, -0.2) is 8.78 Å². The number of amides is 2. The van der Waals surface area contributed by atoms with E-state index in [-0.39, 0.29) is 23.4 Å². The highest BCUT2D eigenvalue weighted by atomic mass is 19.1. The van der Waals surface area contributed by atoms with Gasteiger partial charge in [0.25, 0.3) is 11.8 Å². The minimum atomic E-state index is -0.531. The van der Waals surface area contributed by atoms with Gasteiger partial charge in [0.15, 0.2) is 0 Å². The van der Waals surface area contributed by atoms with Gasteiger partial charge in [-0.1, -0.05) is 24.3 Å². The van der Waals surface area contributed by atoms with Crippen LogP contribution in [0, 0.1) is 11.6 Å². The lowest BCUT2D eigenvalue weighted by Crippen LogP contribution is -2.24. The summed E-state index contributed by atoms with van der Waals surface area (Å²) in [6.07, 6.45) is 2.60. The molecule has 3 rings (SSSR count). The number of carbonyl (C=O) groups is 2. The SMILES string of the molecule is O=C(NCc1ccccc1F)c1cncc(C(=O)Nc2cccc(F)c2)c1. The Labute approximate surface area is 154 Å². The normalized spacial score (nSPS) is 10.3. The quantitative estimate of drug-likeness (QED) is 0.725. The number of hydrogen-bond acceptors (Lipinski definition) is 3. The predicted molar refractivity (Wildman–Crippen MR) is 96.2 cm³/mol. The van der Waals surface area contributed by atoms with E-state index < -0.39 is 23.4 Å². The first-order chi connectivity index (χ1) is 13.0. The van der Waals surface area contributed by atoms with Crippen LogP contribution >= 0.6 is 0 Å². The van der Waals surface area contributed by atoms with Crippen LogP contribution < -0.4 is 10.6 Å². The van der Waals surface area contributed by atoms with Gasteiger partial charge in [0.1, 0.15) is 11.6 Å². The third-order valence-electron chi connectivity index (χ3n) is 3.74. The van der Waals surface area contributed by atoms with Crippen molar-refractivity contribution in [2.24, 2.45) is 0 Å². The topological polar surface area (TPSA) is 71.1 Å². The summed E-state index contributed by atoms with van der Waals surface area (Å²) in [5.41, 5.74) is 0.921. The maximum absolute atomic E-state index is 13.6. The molecule has 0 aliphatic heterocycles. The highest BCUT2D eigenvalue weighted by Crippen LogP contribution is 2.12. The summed E-state index contributed by atoms with van der Waals surface area (Å²) in [6, 6.07) is 12.9. The van der Waals surface area contributed by atoms with Gasteiger partial charge < -0.3 is 10.6 Å². The second-order valence-corrected chi connectivity index (χ2v) is 5.70. The Hall–Kier alpha value is -3.61. The molecule has 0 aliphatic carbocycles. The molecule has 0 unspecified atom stereocenters. The third kappa shape index (κ3) is 4.72. The van der Waals surface area contributed by atoms with Crippen LogP contribution in [0.25, 0.3) is 0 Å². The summed E-state index contributed by atoms with van der Waals surface area (Å²) < 4.78 is 26.8. The molecule has 0 aliphatic rings. The second-order valence-electron chi connectivity index (χ2n) is 5.70. The molecule has 0 fully saturated rings. The fourth-order valence-electron chi connectivity index (χ4n) is 2.38. The number of hydrogen-bond donors (Lipinski definition) is 2. The van der Waals surface area contributed by atoms with Crippen molar-refractivity contribution >= 4 is 17.5 Å². The fourth-order valence-corrected chi connectivity index (χ4v) is 2.38. The van der Waals surface area contributed by atoms with Gasteiger partial charge in [0, 0.05) is 30.2 Å². The van der Waals surface area contributed by atoms with Crippen molar-refractivity contribution in [2.75, 3.05) is 5.32 Å². The molecular weight excluding hydrogens is 352 g/mol. The molecule has 0 atom stereocenters. The van der Waals surface area contributed by atoms with Crippen LogP contribution in [0.3, 0.4) is 0 Å². The van der Waals surface area contributed by atoms with Gasteiger partial charge >= 0.3 is 0 Å². The van der Waals surface area contributed by atoms with E-state index in [4.69, 9.17) is 0 Å². The summed E-state index contributed by atoms with van der Waals surface area (Å²) in [4.78, 5) is 28.4. The number of anilines is 1. The molecular formula is C20H15F2N3O2. The van der Waals surface area contributed by atoms with Crippen molar-refractivity contribution < 1.29 is 18.4 Å². The summed E-state index contributed by atoms with van der Waals surface area (Å²) in [5, 5.41) is 5.11. The molecule has 0 bridgehead atoms. The summed E-state index contributed by atoms with van der Waals surface area (Å²) in [7, 11) is 0. The average Bonchev–Trinajstić information content (AvgIpc) is 2.67. The monoisotopic (exact) mass is 367 g/mol. The number of nitrogens with zero attached hydrogens (tertiary/aromatic N) is 1. The molecule has 3 aromatic rings. The van der Waals surface area contributed by atoms with Crippen LogP contribution in [0.5, 0.6) is 0 Å². The highest BCUT2D eigenvalue weighted by molar-refractivity contribution is 6.05. The zero-order valence-electron chi connectivity index (χ0n) is 14.1. The second kappa shape index (κ2) is 8.18. The molecule has 27 heavy (non-hydrogen) atoms. The standard InChI is InChI=1S/C20H15F2N3O2/c21-16-5-3-6-17(9-16)25-20(27)15-8-14(10-23-11-15)19(26)24-12-13-4-1-2-7-18(13)22/h1-11H,12H2,(H,24,26)(H,25,27).